The van der Waals surface area contributed by atoms with Crippen molar-refractivity contribution < 1.29 is 22.7 Å². The van der Waals surface area contributed by atoms with Crippen molar-refractivity contribution in [3.8, 4) is 17.2 Å². The van der Waals surface area contributed by atoms with Gasteiger partial charge >= 0.3 is 0 Å². The second kappa shape index (κ2) is 8.77. The smallest absolute Gasteiger partial charge is 0.256 e. The second-order valence-corrected chi connectivity index (χ2v) is 9.07. The lowest BCUT2D eigenvalue weighted by Gasteiger charge is -2.14. The minimum absolute atomic E-state index is 0.0686. The third kappa shape index (κ3) is 5.11. The van der Waals surface area contributed by atoms with E-state index in [0.717, 1.165) is 6.26 Å². The van der Waals surface area contributed by atoms with Gasteiger partial charge in [0.05, 0.1) is 17.7 Å². The van der Waals surface area contributed by atoms with Crippen molar-refractivity contribution >= 4 is 33.0 Å². The molecule has 0 fully saturated rings. The number of methoxy groups -OCH3 is 1. The summed E-state index contributed by atoms with van der Waals surface area (Å²) in [6.07, 6.45) is 1.09. The number of anilines is 1. The fourth-order valence-corrected chi connectivity index (χ4v) is 3.54. The van der Waals surface area contributed by atoms with E-state index in [1.165, 1.54) is 12.1 Å². The molecule has 0 aliphatic carbocycles. The van der Waals surface area contributed by atoms with Gasteiger partial charge in [-0.15, -0.1) is 0 Å². The largest absolute Gasteiger partial charge is 0.497 e. The highest BCUT2D eigenvalue weighted by Crippen LogP contribution is 2.33. The van der Waals surface area contributed by atoms with Crippen LogP contribution in [0.15, 0.2) is 65.6 Å². The Morgan fingerprint density at radius 3 is 2.27 bits per heavy atom. The number of carbonyl (C=O) groups is 1. The molecule has 0 aliphatic rings. The van der Waals surface area contributed by atoms with Crippen molar-refractivity contribution in [1.29, 1.82) is 0 Å². The van der Waals surface area contributed by atoms with Crippen molar-refractivity contribution in [2.75, 3.05) is 18.7 Å². The lowest BCUT2D eigenvalue weighted by Crippen LogP contribution is -2.15. The SMILES string of the molecule is COc1ccc(Oc2ccc(Cl)cc2NC(=O)c2cc(S(C)(=O)=O)ccc2C)cc1. The monoisotopic (exact) mass is 445 g/mol. The molecule has 30 heavy (non-hydrogen) atoms. The van der Waals surface area contributed by atoms with E-state index in [0.29, 0.717) is 33.5 Å². The molecule has 0 unspecified atom stereocenters. The first-order chi connectivity index (χ1) is 14.2. The van der Waals surface area contributed by atoms with Crippen molar-refractivity contribution in [2.45, 2.75) is 11.8 Å². The fraction of sp³-hybridized carbons (Fsp3) is 0.136. The van der Waals surface area contributed by atoms with Gasteiger partial charge in [0.25, 0.3) is 5.91 Å². The number of sulfone groups is 1. The molecule has 1 amide bonds. The predicted octanol–water partition coefficient (Wildman–Crippen LogP) is 5.11. The van der Waals surface area contributed by atoms with Crippen LogP contribution in [-0.4, -0.2) is 27.7 Å². The number of aryl methyl sites for hydroxylation is 1. The fourth-order valence-electron chi connectivity index (χ4n) is 2.73. The van der Waals surface area contributed by atoms with Crippen LogP contribution < -0.4 is 14.8 Å². The van der Waals surface area contributed by atoms with Crippen LogP contribution in [0.3, 0.4) is 0 Å². The number of amides is 1. The second-order valence-electron chi connectivity index (χ2n) is 6.62. The molecular formula is C22H20ClNO5S. The Morgan fingerprint density at radius 2 is 1.63 bits per heavy atom. The first-order valence-corrected chi connectivity index (χ1v) is 11.2. The molecule has 0 radical (unpaired) electrons. The summed E-state index contributed by atoms with van der Waals surface area (Å²) in [5, 5.41) is 3.17. The van der Waals surface area contributed by atoms with Crippen LogP contribution >= 0.6 is 11.6 Å². The molecule has 0 saturated carbocycles. The normalized spacial score (nSPS) is 11.1. The van der Waals surface area contributed by atoms with Gasteiger partial charge < -0.3 is 14.8 Å². The summed E-state index contributed by atoms with van der Waals surface area (Å²) in [7, 11) is -1.87. The van der Waals surface area contributed by atoms with E-state index in [1.807, 2.05) is 0 Å². The lowest BCUT2D eigenvalue weighted by atomic mass is 10.1. The molecule has 0 heterocycles. The first kappa shape index (κ1) is 21.7. The predicted molar refractivity (Wildman–Crippen MR) is 117 cm³/mol. The quantitative estimate of drug-likeness (QED) is 0.570. The van der Waals surface area contributed by atoms with Gasteiger partial charge in [-0.25, -0.2) is 8.42 Å². The molecule has 0 bridgehead atoms. The number of halogens is 1. The Hall–Kier alpha value is -3.03. The zero-order valence-electron chi connectivity index (χ0n) is 16.6. The molecule has 0 aliphatic heterocycles. The molecule has 8 heteroatoms. The summed E-state index contributed by atoms with van der Waals surface area (Å²) < 4.78 is 34.7. The van der Waals surface area contributed by atoms with E-state index in [4.69, 9.17) is 21.1 Å². The molecule has 6 nitrogen and oxygen atoms in total. The van der Waals surface area contributed by atoms with Crippen LogP contribution in [0.2, 0.25) is 5.02 Å². The summed E-state index contributed by atoms with van der Waals surface area (Å²) in [5.41, 5.74) is 1.24. The third-order valence-corrected chi connectivity index (χ3v) is 5.70. The number of hydrogen-bond acceptors (Lipinski definition) is 5. The van der Waals surface area contributed by atoms with Crippen LogP contribution in [-0.2, 0) is 9.84 Å². The van der Waals surface area contributed by atoms with Gasteiger partial charge in [0.1, 0.15) is 11.5 Å². The molecule has 0 spiro atoms. The summed E-state index contributed by atoms with van der Waals surface area (Å²) in [6.45, 7) is 1.73. The number of carbonyl (C=O) groups excluding carboxylic acids is 1. The van der Waals surface area contributed by atoms with Gasteiger partial charge in [-0.05, 0) is 67.1 Å². The molecule has 156 valence electrons. The van der Waals surface area contributed by atoms with E-state index in [1.54, 1.807) is 62.6 Å². The first-order valence-electron chi connectivity index (χ1n) is 8.91. The van der Waals surface area contributed by atoms with Crippen molar-refractivity contribution in [3.63, 3.8) is 0 Å². The Kier molecular flexibility index (Phi) is 6.34. The zero-order valence-corrected chi connectivity index (χ0v) is 18.2. The average Bonchev–Trinajstić information content (AvgIpc) is 2.70. The van der Waals surface area contributed by atoms with Crippen LogP contribution in [0.4, 0.5) is 5.69 Å². The Bertz CT molecular complexity index is 1190. The van der Waals surface area contributed by atoms with Crippen molar-refractivity contribution in [1.82, 2.24) is 0 Å². The van der Waals surface area contributed by atoms with Gasteiger partial charge in [0.2, 0.25) is 0 Å². The topological polar surface area (TPSA) is 81.7 Å². The van der Waals surface area contributed by atoms with Crippen LogP contribution in [0.1, 0.15) is 15.9 Å². The Labute approximate surface area is 180 Å². The maximum Gasteiger partial charge on any atom is 0.256 e. The minimum atomic E-state index is -3.45. The maximum atomic E-state index is 12.9. The van der Waals surface area contributed by atoms with E-state index in [-0.39, 0.29) is 10.5 Å². The van der Waals surface area contributed by atoms with E-state index in [2.05, 4.69) is 5.32 Å². The summed E-state index contributed by atoms with van der Waals surface area (Å²) in [5.74, 6) is 1.15. The molecular weight excluding hydrogens is 426 g/mol. The van der Waals surface area contributed by atoms with Crippen molar-refractivity contribution in [3.05, 3.63) is 76.8 Å². The zero-order chi connectivity index (χ0) is 21.9. The Balaban J connectivity index is 1.91. The van der Waals surface area contributed by atoms with Gasteiger partial charge in [-0.1, -0.05) is 17.7 Å². The standard InChI is InChI=1S/C22H20ClNO5S/c1-14-4-10-18(30(3,26)27)13-19(14)22(25)24-20-12-15(23)5-11-21(20)29-17-8-6-16(28-2)7-9-17/h4-13H,1-3H3,(H,24,25). The number of nitrogens with one attached hydrogen (secondary N) is 1. The van der Waals surface area contributed by atoms with Crippen LogP contribution in [0, 0.1) is 6.92 Å². The van der Waals surface area contributed by atoms with E-state index >= 15 is 0 Å². The van der Waals surface area contributed by atoms with Gasteiger partial charge in [-0.3, -0.25) is 4.79 Å². The molecule has 3 rings (SSSR count). The van der Waals surface area contributed by atoms with Crippen LogP contribution in [0.5, 0.6) is 17.2 Å². The molecule has 0 aromatic heterocycles. The lowest BCUT2D eigenvalue weighted by molar-refractivity contribution is 0.102. The van der Waals surface area contributed by atoms with Crippen molar-refractivity contribution in [2.24, 2.45) is 0 Å². The van der Waals surface area contributed by atoms with Crippen LogP contribution in [0.25, 0.3) is 0 Å². The highest BCUT2D eigenvalue weighted by atomic mass is 35.5. The minimum Gasteiger partial charge on any atom is -0.497 e. The maximum absolute atomic E-state index is 12.9. The molecule has 0 saturated heterocycles. The molecule has 3 aromatic carbocycles. The van der Waals surface area contributed by atoms with E-state index < -0.39 is 15.7 Å². The number of ether oxygens (including phenoxy) is 2. The molecule has 3 aromatic rings. The highest BCUT2D eigenvalue weighted by Gasteiger charge is 2.17. The highest BCUT2D eigenvalue weighted by molar-refractivity contribution is 7.90. The number of hydrogen-bond donors (Lipinski definition) is 1. The van der Waals surface area contributed by atoms with Gasteiger partial charge in [-0.2, -0.15) is 0 Å². The molecule has 0 atom stereocenters. The van der Waals surface area contributed by atoms with E-state index in [9.17, 15) is 13.2 Å². The Morgan fingerprint density at radius 1 is 0.967 bits per heavy atom. The van der Waals surface area contributed by atoms with Gasteiger partial charge in [0.15, 0.2) is 15.6 Å². The summed E-state index contributed by atoms with van der Waals surface area (Å²) in [6, 6.07) is 16.2. The molecule has 1 N–H and O–H groups in total. The average molecular weight is 446 g/mol. The summed E-state index contributed by atoms with van der Waals surface area (Å²) in [4.78, 5) is 13.0. The summed E-state index contributed by atoms with van der Waals surface area (Å²) >= 11 is 6.10. The third-order valence-electron chi connectivity index (χ3n) is 4.36. The number of benzene rings is 3. The van der Waals surface area contributed by atoms with Gasteiger partial charge in [0, 0.05) is 16.8 Å². The number of rotatable bonds is 6.